The standard InChI is InChI=1S/C16H32N2O5/c1-4-15(19)17-5-7-21-9-11-23-12-10-22-8-6-18-16(20)13-14(2)3/h14H,4-13H2,1-3H3,(H,17,19)(H,18,20). The molecule has 0 spiro atoms. The highest BCUT2D eigenvalue weighted by molar-refractivity contribution is 5.76. The molecule has 0 saturated heterocycles. The maximum atomic E-state index is 11.4. The Balaban J connectivity index is 3.13. The lowest BCUT2D eigenvalue weighted by atomic mass is 10.1. The average molecular weight is 332 g/mol. The van der Waals surface area contributed by atoms with Gasteiger partial charge in [0.25, 0.3) is 0 Å². The highest BCUT2D eigenvalue weighted by Crippen LogP contribution is 1.97. The van der Waals surface area contributed by atoms with E-state index in [1.54, 1.807) is 0 Å². The molecular weight excluding hydrogens is 300 g/mol. The van der Waals surface area contributed by atoms with Crippen LogP contribution in [0.4, 0.5) is 0 Å². The fraction of sp³-hybridized carbons (Fsp3) is 0.875. The van der Waals surface area contributed by atoms with E-state index in [0.717, 1.165) is 0 Å². The first-order chi connectivity index (χ1) is 11.1. The molecule has 0 aliphatic carbocycles. The van der Waals surface area contributed by atoms with E-state index in [0.29, 0.717) is 71.5 Å². The second kappa shape index (κ2) is 15.7. The average Bonchev–Trinajstić information content (AvgIpc) is 2.50. The van der Waals surface area contributed by atoms with Gasteiger partial charge in [0.15, 0.2) is 0 Å². The Kier molecular flexibility index (Phi) is 14.9. The fourth-order valence-electron chi connectivity index (χ4n) is 1.64. The van der Waals surface area contributed by atoms with Crippen LogP contribution in [0.1, 0.15) is 33.6 Å². The summed E-state index contributed by atoms with van der Waals surface area (Å²) in [5, 5.41) is 5.53. The Labute approximate surface area is 139 Å². The third kappa shape index (κ3) is 17.0. The molecule has 0 aromatic rings. The van der Waals surface area contributed by atoms with Gasteiger partial charge in [-0.05, 0) is 5.92 Å². The molecule has 0 aliphatic rings. The van der Waals surface area contributed by atoms with E-state index >= 15 is 0 Å². The molecule has 0 rings (SSSR count). The van der Waals surface area contributed by atoms with Crippen LogP contribution in [-0.2, 0) is 23.8 Å². The number of rotatable bonds is 15. The number of carbonyl (C=O) groups excluding carboxylic acids is 2. The van der Waals surface area contributed by atoms with E-state index in [2.05, 4.69) is 10.6 Å². The third-order valence-electron chi connectivity index (χ3n) is 2.80. The zero-order valence-corrected chi connectivity index (χ0v) is 14.7. The third-order valence-corrected chi connectivity index (χ3v) is 2.80. The van der Waals surface area contributed by atoms with Crippen LogP contribution in [0, 0.1) is 5.92 Å². The largest absolute Gasteiger partial charge is 0.377 e. The highest BCUT2D eigenvalue weighted by Gasteiger charge is 2.03. The van der Waals surface area contributed by atoms with Gasteiger partial charge in [-0.15, -0.1) is 0 Å². The molecule has 7 heteroatoms. The van der Waals surface area contributed by atoms with Gasteiger partial charge < -0.3 is 24.8 Å². The maximum absolute atomic E-state index is 11.4. The van der Waals surface area contributed by atoms with E-state index < -0.39 is 0 Å². The molecule has 0 aliphatic heterocycles. The molecule has 2 N–H and O–H groups in total. The van der Waals surface area contributed by atoms with E-state index in [4.69, 9.17) is 14.2 Å². The lowest BCUT2D eigenvalue weighted by Gasteiger charge is -2.09. The summed E-state index contributed by atoms with van der Waals surface area (Å²) in [6.07, 6.45) is 1.04. The number of hydrogen-bond acceptors (Lipinski definition) is 5. The Morgan fingerprint density at radius 2 is 1.22 bits per heavy atom. The number of carbonyl (C=O) groups is 2. The van der Waals surface area contributed by atoms with Crippen molar-refractivity contribution in [3.05, 3.63) is 0 Å². The number of amides is 2. The predicted octanol–water partition coefficient (Wildman–Crippen LogP) is 0.725. The maximum Gasteiger partial charge on any atom is 0.220 e. The monoisotopic (exact) mass is 332 g/mol. The van der Waals surface area contributed by atoms with Crippen molar-refractivity contribution in [2.75, 3.05) is 52.7 Å². The second-order valence-electron chi connectivity index (χ2n) is 5.49. The summed E-state index contributed by atoms with van der Waals surface area (Å²) in [6.45, 7) is 9.84. The SMILES string of the molecule is CCC(=O)NCCOCCOCCOCCNC(=O)CC(C)C. The van der Waals surface area contributed by atoms with E-state index in [1.807, 2.05) is 20.8 Å². The molecule has 0 heterocycles. The minimum atomic E-state index is 0.0300. The van der Waals surface area contributed by atoms with Crippen LogP contribution in [0.3, 0.4) is 0 Å². The minimum absolute atomic E-state index is 0.0300. The van der Waals surface area contributed by atoms with Gasteiger partial charge >= 0.3 is 0 Å². The second-order valence-corrected chi connectivity index (χ2v) is 5.49. The summed E-state index contributed by atoms with van der Waals surface area (Å²) in [6, 6.07) is 0. The van der Waals surface area contributed by atoms with Gasteiger partial charge in [0.2, 0.25) is 11.8 Å². The zero-order valence-electron chi connectivity index (χ0n) is 14.7. The van der Waals surface area contributed by atoms with Crippen LogP contribution in [0.15, 0.2) is 0 Å². The Morgan fingerprint density at radius 3 is 1.65 bits per heavy atom. The molecule has 0 bridgehead atoms. The normalized spacial score (nSPS) is 10.8. The molecule has 0 aromatic carbocycles. The smallest absolute Gasteiger partial charge is 0.220 e. The first kappa shape index (κ1) is 21.8. The Morgan fingerprint density at radius 1 is 0.783 bits per heavy atom. The first-order valence-electron chi connectivity index (χ1n) is 8.32. The van der Waals surface area contributed by atoms with Crippen LogP contribution < -0.4 is 10.6 Å². The van der Waals surface area contributed by atoms with Crippen molar-refractivity contribution in [3.63, 3.8) is 0 Å². The number of hydrogen-bond donors (Lipinski definition) is 2. The van der Waals surface area contributed by atoms with Crippen LogP contribution in [0.25, 0.3) is 0 Å². The van der Waals surface area contributed by atoms with Gasteiger partial charge in [-0.2, -0.15) is 0 Å². The van der Waals surface area contributed by atoms with Gasteiger partial charge in [-0.1, -0.05) is 20.8 Å². The molecule has 0 radical (unpaired) electrons. The summed E-state index contributed by atoms with van der Waals surface area (Å²) in [7, 11) is 0. The summed E-state index contributed by atoms with van der Waals surface area (Å²) in [5.74, 6) is 0.462. The lowest BCUT2D eigenvalue weighted by Crippen LogP contribution is -2.28. The van der Waals surface area contributed by atoms with Crippen molar-refractivity contribution in [2.24, 2.45) is 5.92 Å². The van der Waals surface area contributed by atoms with Gasteiger partial charge in [-0.3, -0.25) is 9.59 Å². The minimum Gasteiger partial charge on any atom is -0.377 e. The Bertz CT molecular complexity index is 311. The summed E-state index contributed by atoms with van der Waals surface area (Å²) >= 11 is 0. The zero-order chi connectivity index (χ0) is 17.3. The number of ether oxygens (including phenoxy) is 3. The summed E-state index contributed by atoms with van der Waals surface area (Å²) in [4.78, 5) is 22.3. The van der Waals surface area contributed by atoms with E-state index in [9.17, 15) is 9.59 Å². The molecule has 23 heavy (non-hydrogen) atoms. The molecular formula is C16H32N2O5. The van der Waals surface area contributed by atoms with Gasteiger partial charge in [-0.25, -0.2) is 0 Å². The quantitative estimate of drug-likeness (QED) is 0.432. The Hall–Kier alpha value is -1.18. The fourth-order valence-corrected chi connectivity index (χ4v) is 1.64. The molecule has 0 aromatic heterocycles. The van der Waals surface area contributed by atoms with Crippen LogP contribution in [-0.4, -0.2) is 64.5 Å². The predicted molar refractivity (Wildman–Crippen MR) is 88.2 cm³/mol. The summed E-state index contributed by atoms with van der Waals surface area (Å²) in [5.41, 5.74) is 0. The van der Waals surface area contributed by atoms with Gasteiger partial charge in [0.1, 0.15) is 0 Å². The van der Waals surface area contributed by atoms with Gasteiger partial charge in [0.05, 0.1) is 39.6 Å². The molecule has 2 amide bonds. The molecule has 0 saturated carbocycles. The van der Waals surface area contributed by atoms with Crippen LogP contribution in [0.5, 0.6) is 0 Å². The van der Waals surface area contributed by atoms with E-state index in [1.165, 1.54) is 0 Å². The number of nitrogens with one attached hydrogen (secondary N) is 2. The van der Waals surface area contributed by atoms with Gasteiger partial charge in [0, 0.05) is 25.9 Å². The highest BCUT2D eigenvalue weighted by atomic mass is 16.5. The molecule has 136 valence electrons. The van der Waals surface area contributed by atoms with Crippen molar-refractivity contribution in [2.45, 2.75) is 33.6 Å². The molecule has 0 atom stereocenters. The van der Waals surface area contributed by atoms with Crippen LogP contribution >= 0.6 is 0 Å². The van der Waals surface area contributed by atoms with E-state index in [-0.39, 0.29) is 11.8 Å². The lowest BCUT2D eigenvalue weighted by molar-refractivity contribution is -0.122. The van der Waals surface area contributed by atoms with Crippen molar-refractivity contribution in [1.29, 1.82) is 0 Å². The molecule has 0 fully saturated rings. The van der Waals surface area contributed by atoms with Crippen molar-refractivity contribution < 1.29 is 23.8 Å². The summed E-state index contributed by atoms with van der Waals surface area (Å²) < 4.78 is 16.0. The van der Waals surface area contributed by atoms with Crippen molar-refractivity contribution >= 4 is 11.8 Å². The first-order valence-corrected chi connectivity index (χ1v) is 8.32. The topological polar surface area (TPSA) is 85.9 Å². The molecule has 0 unspecified atom stereocenters. The van der Waals surface area contributed by atoms with Crippen molar-refractivity contribution in [3.8, 4) is 0 Å². The molecule has 7 nitrogen and oxygen atoms in total. The van der Waals surface area contributed by atoms with Crippen LogP contribution in [0.2, 0.25) is 0 Å². The van der Waals surface area contributed by atoms with Crippen molar-refractivity contribution in [1.82, 2.24) is 10.6 Å².